The van der Waals surface area contributed by atoms with Crippen molar-refractivity contribution in [3.63, 3.8) is 0 Å². The molecule has 2 amide bonds. The Morgan fingerprint density at radius 2 is 1.92 bits per heavy atom. The van der Waals surface area contributed by atoms with Crippen molar-refractivity contribution in [2.24, 2.45) is 5.92 Å². The molecule has 1 aromatic carbocycles. The lowest BCUT2D eigenvalue weighted by molar-refractivity contribution is -0.132. The second-order valence-electron chi connectivity index (χ2n) is 5.70. The first-order valence-electron chi connectivity index (χ1n) is 7.75. The van der Waals surface area contributed by atoms with Crippen molar-refractivity contribution in [3.05, 3.63) is 48.1 Å². The molecular formula is C17H20F2N2O3. The maximum Gasteiger partial charge on any atom is 0.245 e. The van der Waals surface area contributed by atoms with E-state index in [0.29, 0.717) is 25.9 Å². The number of piperidine rings is 1. The molecule has 2 N–H and O–H groups in total. The lowest BCUT2D eigenvalue weighted by Crippen LogP contribution is -2.43. The summed E-state index contributed by atoms with van der Waals surface area (Å²) in [6, 6.07) is 3.31. The highest BCUT2D eigenvalue weighted by Crippen LogP contribution is 2.21. The summed E-state index contributed by atoms with van der Waals surface area (Å²) >= 11 is 0. The lowest BCUT2D eigenvalue weighted by atomic mass is 9.95. The van der Waals surface area contributed by atoms with Gasteiger partial charge in [0.1, 0.15) is 17.7 Å². The molecule has 1 heterocycles. The average Bonchev–Trinajstić information content (AvgIpc) is 2.59. The van der Waals surface area contributed by atoms with Gasteiger partial charge in [-0.25, -0.2) is 8.78 Å². The Kier molecular flexibility index (Phi) is 6.03. The largest absolute Gasteiger partial charge is 0.386 e. The van der Waals surface area contributed by atoms with E-state index in [9.17, 15) is 23.5 Å². The molecule has 0 aromatic heterocycles. The van der Waals surface area contributed by atoms with Crippen LogP contribution in [0.1, 0.15) is 24.5 Å². The van der Waals surface area contributed by atoms with E-state index < -0.39 is 23.3 Å². The third-order valence-corrected chi connectivity index (χ3v) is 4.15. The van der Waals surface area contributed by atoms with E-state index in [1.165, 1.54) is 12.1 Å². The lowest BCUT2D eigenvalue weighted by Gasteiger charge is -2.30. The number of nitrogens with zero attached hydrogens (tertiary/aromatic N) is 1. The minimum atomic E-state index is -1.46. The van der Waals surface area contributed by atoms with E-state index >= 15 is 0 Å². The zero-order chi connectivity index (χ0) is 17.7. The molecule has 7 heteroatoms. The smallest absolute Gasteiger partial charge is 0.245 e. The third-order valence-electron chi connectivity index (χ3n) is 4.15. The van der Waals surface area contributed by atoms with Crippen molar-refractivity contribution in [3.8, 4) is 0 Å². The first-order chi connectivity index (χ1) is 11.4. The van der Waals surface area contributed by atoms with Gasteiger partial charge >= 0.3 is 0 Å². The van der Waals surface area contributed by atoms with E-state index in [0.717, 1.165) is 12.1 Å². The highest BCUT2D eigenvalue weighted by molar-refractivity contribution is 5.87. The number of aliphatic hydroxyl groups is 1. The molecule has 1 aliphatic heterocycles. The second-order valence-corrected chi connectivity index (χ2v) is 5.70. The molecule has 0 saturated carbocycles. The number of hydrogen-bond donors (Lipinski definition) is 2. The van der Waals surface area contributed by atoms with Gasteiger partial charge in [0.25, 0.3) is 0 Å². The number of rotatable bonds is 5. The predicted molar refractivity (Wildman–Crippen MR) is 83.8 cm³/mol. The molecule has 130 valence electrons. The van der Waals surface area contributed by atoms with Crippen LogP contribution in [0, 0.1) is 17.6 Å². The van der Waals surface area contributed by atoms with Gasteiger partial charge in [-0.15, -0.1) is 0 Å². The highest BCUT2D eigenvalue weighted by atomic mass is 19.1. The van der Waals surface area contributed by atoms with Crippen LogP contribution < -0.4 is 5.32 Å². The van der Waals surface area contributed by atoms with Gasteiger partial charge < -0.3 is 15.3 Å². The summed E-state index contributed by atoms with van der Waals surface area (Å²) in [4.78, 5) is 25.2. The summed E-state index contributed by atoms with van der Waals surface area (Å²) in [7, 11) is 0. The Bertz CT molecular complexity index is 608. The molecule has 1 unspecified atom stereocenters. The zero-order valence-electron chi connectivity index (χ0n) is 13.2. The van der Waals surface area contributed by atoms with Crippen molar-refractivity contribution < 1.29 is 23.5 Å². The summed E-state index contributed by atoms with van der Waals surface area (Å²) in [5.41, 5.74) is -0.454. The fraction of sp³-hybridized carbons (Fsp3) is 0.412. The van der Waals surface area contributed by atoms with Crippen LogP contribution in [0.2, 0.25) is 0 Å². The average molecular weight is 338 g/mol. The number of carbonyl (C=O) groups excluding carboxylic acids is 2. The fourth-order valence-electron chi connectivity index (χ4n) is 2.76. The van der Waals surface area contributed by atoms with Gasteiger partial charge in [0, 0.05) is 25.6 Å². The molecule has 1 atom stereocenters. The number of aliphatic hydroxyl groups excluding tert-OH is 1. The van der Waals surface area contributed by atoms with Gasteiger partial charge in [-0.3, -0.25) is 9.59 Å². The zero-order valence-corrected chi connectivity index (χ0v) is 13.2. The molecule has 0 spiro atoms. The number of benzene rings is 1. The third kappa shape index (κ3) is 4.17. The molecule has 1 saturated heterocycles. The van der Waals surface area contributed by atoms with Crippen LogP contribution in [0.25, 0.3) is 0 Å². The maximum absolute atomic E-state index is 13.6. The van der Waals surface area contributed by atoms with Gasteiger partial charge in [0.2, 0.25) is 11.8 Å². The van der Waals surface area contributed by atoms with E-state index in [-0.39, 0.29) is 24.3 Å². The van der Waals surface area contributed by atoms with Crippen LogP contribution in [-0.4, -0.2) is 41.5 Å². The van der Waals surface area contributed by atoms with Crippen LogP contribution in [0.4, 0.5) is 8.78 Å². The summed E-state index contributed by atoms with van der Waals surface area (Å²) in [6.45, 7) is 4.05. The number of halogens is 2. The second kappa shape index (κ2) is 8.01. The molecule has 0 radical (unpaired) electrons. The minimum Gasteiger partial charge on any atom is -0.386 e. The summed E-state index contributed by atoms with van der Waals surface area (Å²) in [6.07, 6.45) is 0.766. The van der Waals surface area contributed by atoms with E-state index in [2.05, 4.69) is 11.9 Å². The number of nitrogens with one attached hydrogen (secondary N) is 1. The van der Waals surface area contributed by atoms with Crippen LogP contribution in [0.3, 0.4) is 0 Å². The molecule has 1 aromatic rings. The number of amides is 2. The normalized spacial score (nSPS) is 16.5. The SMILES string of the molecule is C=CC(=O)N1CCC(C(=O)NCC(O)c2c(F)cccc2F)CC1. The standard InChI is InChI=1S/C17H20F2N2O3/c1-2-15(23)21-8-6-11(7-9-21)17(24)20-10-14(22)16-12(18)4-3-5-13(16)19/h2-5,11,14,22H,1,6-10H2,(H,20,24). The molecule has 0 bridgehead atoms. The number of likely N-dealkylation sites (tertiary alicyclic amines) is 1. The van der Waals surface area contributed by atoms with Gasteiger partial charge in [-0.1, -0.05) is 12.6 Å². The topological polar surface area (TPSA) is 69.6 Å². The summed E-state index contributed by atoms with van der Waals surface area (Å²) in [5, 5.41) is 12.4. The van der Waals surface area contributed by atoms with Crippen LogP contribution >= 0.6 is 0 Å². The molecule has 1 aliphatic rings. The van der Waals surface area contributed by atoms with Crippen molar-refractivity contribution >= 4 is 11.8 Å². The van der Waals surface area contributed by atoms with E-state index in [1.54, 1.807) is 4.90 Å². The van der Waals surface area contributed by atoms with Crippen molar-refractivity contribution in [2.75, 3.05) is 19.6 Å². The van der Waals surface area contributed by atoms with Crippen molar-refractivity contribution in [1.29, 1.82) is 0 Å². The predicted octanol–water partition coefficient (Wildman–Crippen LogP) is 1.54. The van der Waals surface area contributed by atoms with Crippen LogP contribution in [0.15, 0.2) is 30.9 Å². The fourth-order valence-corrected chi connectivity index (χ4v) is 2.76. The Balaban J connectivity index is 1.85. The molecule has 0 aliphatic carbocycles. The first kappa shape index (κ1) is 18.1. The summed E-state index contributed by atoms with van der Waals surface area (Å²) < 4.78 is 27.1. The quantitative estimate of drug-likeness (QED) is 0.800. The maximum atomic E-state index is 13.6. The van der Waals surface area contributed by atoms with Gasteiger partial charge in [0.15, 0.2) is 0 Å². The highest BCUT2D eigenvalue weighted by Gasteiger charge is 2.27. The van der Waals surface area contributed by atoms with Crippen molar-refractivity contribution in [2.45, 2.75) is 18.9 Å². The van der Waals surface area contributed by atoms with Gasteiger partial charge in [-0.2, -0.15) is 0 Å². The minimum absolute atomic E-state index is 0.167. The van der Waals surface area contributed by atoms with Gasteiger partial charge in [-0.05, 0) is 31.1 Å². The molecule has 2 rings (SSSR count). The van der Waals surface area contributed by atoms with Crippen molar-refractivity contribution in [1.82, 2.24) is 10.2 Å². The summed E-state index contributed by atoms with van der Waals surface area (Å²) in [5.74, 6) is -2.46. The van der Waals surface area contributed by atoms with E-state index in [4.69, 9.17) is 0 Å². The molecule has 1 fully saturated rings. The first-order valence-corrected chi connectivity index (χ1v) is 7.75. The number of hydrogen-bond acceptors (Lipinski definition) is 3. The molecular weight excluding hydrogens is 318 g/mol. The van der Waals surface area contributed by atoms with Gasteiger partial charge in [0.05, 0.1) is 5.56 Å². The molecule has 5 nitrogen and oxygen atoms in total. The van der Waals surface area contributed by atoms with E-state index in [1.807, 2.05) is 0 Å². The Hall–Kier alpha value is -2.28. The number of carbonyl (C=O) groups is 2. The Morgan fingerprint density at radius 3 is 2.46 bits per heavy atom. The molecule has 24 heavy (non-hydrogen) atoms. The van der Waals surface area contributed by atoms with Crippen LogP contribution in [0.5, 0.6) is 0 Å². The monoisotopic (exact) mass is 338 g/mol. The van der Waals surface area contributed by atoms with Crippen LogP contribution in [-0.2, 0) is 9.59 Å². The Morgan fingerprint density at radius 1 is 1.33 bits per heavy atom. The Labute approximate surface area is 139 Å².